The summed E-state index contributed by atoms with van der Waals surface area (Å²) in [6, 6.07) is 9.58. The zero-order valence-corrected chi connectivity index (χ0v) is 18.3. The maximum atomic E-state index is 5.52. The normalized spacial score (nSPS) is 14.5. The smallest absolute Gasteiger partial charge is 0.162 e. The first-order valence-electron chi connectivity index (χ1n) is 10.1. The van der Waals surface area contributed by atoms with E-state index in [1.807, 2.05) is 30.3 Å². The van der Waals surface area contributed by atoms with Crippen molar-refractivity contribution in [3.05, 3.63) is 36.2 Å². The van der Waals surface area contributed by atoms with Crippen LogP contribution < -0.4 is 18.9 Å². The van der Waals surface area contributed by atoms with Gasteiger partial charge in [0, 0.05) is 30.1 Å². The van der Waals surface area contributed by atoms with E-state index in [1.54, 1.807) is 28.4 Å². The van der Waals surface area contributed by atoms with Gasteiger partial charge in [-0.15, -0.1) is 0 Å². The van der Waals surface area contributed by atoms with Crippen LogP contribution in [0.25, 0.3) is 22.2 Å². The largest absolute Gasteiger partial charge is 0.493 e. The summed E-state index contributed by atoms with van der Waals surface area (Å²) in [4.78, 5) is 12.1. The second-order valence-electron chi connectivity index (χ2n) is 7.17. The molecule has 0 saturated carbocycles. The van der Waals surface area contributed by atoms with Gasteiger partial charge in [-0.05, 0) is 24.3 Å². The molecule has 31 heavy (non-hydrogen) atoms. The third-order valence-corrected chi connectivity index (χ3v) is 5.37. The van der Waals surface area contributed by atoms with Crippen molar-refractivity contribution in [2.45, 2.75) is 6.54 Å². The number of rotatable bonds is 7. The average molecular weight is 425 g/mol. The van der Waals surface area contributed by atoms with E-state index in [0.717, 1.165) is 54.3 Å². The van der Waals surface area contributed by atoms with Gasteiger partial charge in [-0.3, -0.25) is 4.90 Å². The Labute approximate surface area is 181 Å². The number of hydrogen-bond donors (Lipinski definition) is 0. The second kappa shape index (κ2) is 9.36. The predicted molar refractivity (Wildman–Crippen MR) is 117 cm³/mol. The Morgan fingerprint density at radius 2 is 1.45 bits per heavy atom. The fraction of sp³-hybridized carbons (Fsp3) is 0.391. The van der Waals surface area contributed by atoms with Crippen LogP contribution in [0.3, 0.4) is 0 Å². The standard InChI is InChI=1S/C23H27N3O5/c1-27-18-6-5-15(11-19(18)28-2)23-16-12-20(29-3)21(30-4)13-17(16)24-22(25-23)14-26-7-9-31-10-8-26/h5-6,11-13H,7-10,14H2,1-4H3. The van der Waals surface area contributed by atoms with Crippen LogP contribution in [0.4, 0.5) is 0 Å². The van der Waals surface area contributed by atoms with Crippen molar-refractivity contribution in [3.63, 3.8) is 0 Å². The molecule has 164 valence electrons. The van der Waals surface area contributed by atoms with Crippen LogP contribution in [0, 0.1) is 0 Å². The van der Waals surface area contributed by atoms with Gasteiger partial charge < -0.3 is 23.7 Å². The van der Waals surface area contributed by atoms with Crippen molar-refractivity contribution in [1.29, 1.82) is 0 Å². The maximum Gasteiger partial charge on any atom is 0.162 e. The molecule has 0 unspecified atom stereocenters. The van der Waals surface area contributed by atoms with E-state index in [9.17, 15) is 0 Å². The molecule has 2 heterocycles. The molecule has 0 aliphatic carbocycles. The van der Waals surface area contributed by atoms with E-state index in [2.05, 4.69) is 4.90 Å². The maximum absolute atomic E-state index is 5.52. The molecule has 1 saturated heterocycles. The molecule has 2 aromatic carbocycles. The summed E-state index contributed by atoms with van der Waals surface area (Å²) in [6.07, 6.45) is 0. The summed E-state index contributed by atoms with van der Waals surface area (Å²) in [5, 5.41) is 0.871. The molecule has 0 N–H and O–H groups in total. The summed E-state index contributed by atoms with van der Waals surface area (Å²) >= 11 is 0. The topological polar surface area (TPSA) is 75.2 Å². The summed E-state index contributed by atoms with van der Waals surface area (Å²) in [7, 11) is 6.48. The third kappa shape index (κ3) is 4.35. The Hall–Kier alpha value is -3.10. The Bertz CT molecular complexity index is 1070. The van der Waals surface area contributed by atoms with Gasteiger partial charge in [0.2, 0.25) is 0 Å². The number of fused-ring (bicyclic) bond motifs is 1. The Morgan fingerprint density at radius 3 is 2.13 bits per heavy atom. The minimum atomic E-state index is 0.626. The first-order valence-corrected chi connectivity index (χ1v) is 10.1. The van der Waals surface area contributed by atoms with Crippen LogP contribution in [0.1, 0.15) is 5.82 Å². The molecule has 1 fully saturated rings. The molecule has 1 aromatic heterocycles. The lowest BCUT2D eigenvalue weighted by atomic mass is 10.0. The molecule has 0 radical (unpaired) electrons. The van der Waals surface area contributed by atoms with E-state index >= 15 is 0 Å². The van der Waals surface area contributed by atoms with E-state index in [4.69, 9.17) is 33.7 Å². The third-order valence-electron chi connectivity index (χ3n) is 5.37. The van der Waals surface area contributed by atoms with E-state index < -0.39 is 0 Å². The van der Waals surface area contributed by atoms with Crippen LogP contribution in [0.5, 0.6) is 23.0 Å². The van der Waals surface area contributed by atoms with E-state index in [1.165, 1.54) is 0 Å². The van der Waals surface area contributed by atoms with Gasteiger partial charge in [0.1, 0.15) is 5.82 Å². The fourth-order valence-electron chi connectivity index (χ4n) is 3.74. The van der Waals surface area contributed by atoms with Gasteiger partial charge >= 0.3 is 0 Å². The predicted octanol–water partition coefficient (Wildman–Crippen LogP) is 3.16. The highest BCUT2D eigenvalue weighted by Crippen LogP contribution is 2.38. The second-order valence-corrected chi connectivity index (χ2v) is 7.17. The Balaban J connectivity index is 1.87. The van der Waals surface area contributed by atoms with Crippen LogP contribution in [0.15, 0.2) is 30.3 Å². The Morgan fingerprint density at radius 1 is 0.806 bits per heavy atom. The SMILES string of the molecule is COc1ccc(-c2nc(CN3CCOCC3)nc3cc(OC)c(OC)cc23)cc1OC. The molecule has 0 atom stereocenters. The minimum Gasteiger partial charge on any atom is -0.493 e. The molecule has 4 rings (SSSR count). The van der Waals surface area contributed by atoms with Crippen LogP contribution in [-0.4, -0.2) is 69.6 Å². The van der Waals surface area contributed by atoms with Crippen molar-refractivity contribution < 1.29 is 23.7 Å². The monoisotopic (exact) mass is 425 g/mol. The number of nitrogens with zero attached hydrogens (tertiary/aromatic N) is 3. The van der Waals surface area contributed by atoms with Gasteiger partial charge in [-0.1, -0.05) is 0 Å². The Kier molecular flexibility index (Phi) is 6.39. The molecule has 0 spiro atoms. The molecule has 1 aliphatic rings. The highest BCUT2D eigenvalue weighted by Gasteiger charge is 2.18. The zero-order valence-electron chi connectivity index (χ0n) is 18.3. The van der Waals surface area contributed by atoms with E-state index in [-0.39, 0.29) is 0 Å². The lowest BCUT2D eigenvalue weighted by Gasteiger charge is -2.26. The van der Waals surface area contributed by atoms with Crippen molar-refractivity contribution in [3.8, 4) is 34.3 Å². The minimum absolute atomic E-state index is 0.626. The van der Waals surface area contributed by atoms with Crippen LogP contribution >= 0.6 is 0 Å². The van der Waals surface area contributed by atoms with Crippen LogP contribution in [0.2, 0.25) is 0 Å². The molecule has 8 nitrogen and oxygen atoms in total. The summed E-state index contributed by atoms with van der Waals surface area (Å²) < 4.78 is 27.4. The van der Waals surface area contributed by atoms with Gasteiger partial charge in [-0.25, -0.2) is 9.97 Å². The molecular weight excluding hydrogens is 398 g/mol. The van der Waals surface area contributed by atoms with Crippen molar-refractivity contribution in [1.82, 2.24) is 14.9 Å². The lowest BCUT2D eigenvalue weighted by Crippen LogP contribution is -2.36. The van der Waals surface area contributed by atoms with Gasteiger partial charge in [0.25, 0.3) is 0 Å². The lowest BCUT2D eigenvalue weighted by molar-refractivity contribution is 0.0331. The number of aromatic nitrogens is 2. The van der Waals surface area contributed by atoms with Crippen molar-refractivity contribution in [2.75, 3.05) is 54.7 Å². The molecule has 0 amide bonds. The first-order chi connectivity index (χ1) is 15.2. The van der Waals surface area contributed by atoms with Gasteiger partial charge in [0.15, 0.2) is 23.0 Å². The zero-order chi connectivity index (χ0) is 21.8. The van der Waals surface area contributed by atoms with Gasteiger partial charge in [0.05, 0.1) is 59.4 Å². The van der Waals surface area contributed by atoms with E-state index in [0.29, 0.717) is 29.5 Å². The molecular formula is C23H27N3O5. The summed E-state index contributed by atoms with van der Waals surface area (Å²) in [5.74, 6) is 3.30. The molecule has 8 heteroatoms. The first kappa shape index (κ1) is 21.1. The highest BCUT2D eigenvalue weighted by atomic mass is 16.5. The molecule has 0 bridgehead atoms. The summed E-state index contributed by atoms with van der Waals surface area (Å²) in [5.41, 5.74) is 2.50. The fourth-order valence-corrected chi connectivity index (χ4v) is 3.74. The molecule has 3 aromatic rings. The van der Waals surface area contributed by atoms with Crippen molar-refractivity contribution in [2.24, 2.45) is 0 Å². The number of hydrogen-bond acceptors (Lipinski definition) is 8. The van der Waals surface area contributed by atoms with Gasteiger partial charge in [-0.2, -0.15) is 0 Å². The number of ether oxygens (including phenoxy) is 5. The van der Waals surface area contributed by atoms with Crippen LogP contribution in [-0.2, 0) is 11.3 Å². The average Bonchev–Trinajstić information content (AvgIpc) is 2.82. The number of morpholine rings is 1. The number of benzene rings is 2. The number of methoxy groups -OCH3 is 4. The molecule has 1 aliphatic heterocycles. The van der Waals surface area contributed by atoms with Crippen molar-refractivity contribution >= 4 is 10.9 Å². The quantitative estimate of drug-likeness (QED) is 0.572. The summed E-state index contributed by atoms with van der Waals surface area (Å²) in [6.45, 7) is 3.81. The highest BCUT2D eigenvalue weighted by molar-refractivity contribution is 5.94.